The highest BCUT2D eigenvalue weighted by Crippen LogP contribution is 2.27. The van der Waals surface area contributed by atoms with Crippen LogP contribution < -0.4 is 0 Å². The molecule has 0 radical (unpaired) electrons. The maximum atomic E-state index is 13.6. The van der Waals surface area contributed by atoms with Gasteiger partial charge in [0, 0.05) is 31.8 Å². The van der Waals surface area contributed by atoms with Gasteiger partial charge in [-0.25, -0.2) is 4.39 Å². The van der Waals surface area contributed by atoms with Crippen molar-refractivity contribution in [2.45, 2.75) is 6.42 Å². The van der Waals surface area contributed by atoms with Gasteiger partial charge in [0.25, 0.3) is 5.91 Å². The normalized spacial score (nSPS) is 20.6. The molecule has 1 saturated heterocycles. The number of aromatic amines is 1. The van der Waals surface area contributed by atoms with Gasteiger partial charge in [-0.1, -0.05) is 12.1 Å². The Balaban J connectivity index is 1.84. The second-order valence-corrected chi connectivity index (χ2v) is 7.29. The lowest BCUT2D eigenvalue weighted by molar-refractivity contribution is 0.0478. The highest BCUT2D eigenvalue weighted by molar-refractivity contribution is 5.99. The number of nitrogens with zero attached hydrogens (tertiary/aromatic N) is 3. The minimum Gasteiger partial charge on any atom is -0.396 e. The van der Waals surface area contributed by atoms with Crippen LogP contribution in [0, 0.1) is 17.7 Å². The summed E-state index contributed by atoms with van der Waals surface area (Å²) in [7, 11) is 4.01. The first-order valence-electron chi connectivity index (χ1n) is 8.82. The van der Waals surface area contributed by atoms with Gasteiger partial charge >= 0.3 is 0 Å². The van der Waals surface area contributed by atoms with Gasteiger partial charge in [0.05, 0.1) is 17.5 Å². The van der Waals surface area contributed by atoms with Crippen molar-refractivity contribution >= 4 is 5.91 Å². The van der Waals surface area contributed by atoms with Crippen LogP contribution >= 0.6 is 0 Å². The lowest BCUT2D eigenvalue weighted by Gasteiger charge is -2.38. The largest absolute Gasteiger partial charge is 0.396 e. The van der Waals surface area contributed by atoms with E-state index in [1.807, 2.05) is 14.1 Å². The fraction of sp³-hybridized carbons (Fsp3) is 0.474. The second kappa shape index (κ2) is 7.97. The summed E-state index contributed by atoms with van der Waals surface area (Å²) in [6.07, 6.45) is 2.40. The zero-order valence-electron chi connectivity index (χ0n) is 15.2. The van der Waals surface area contributed by atoms with E-state index in [1.54, 1.807) is 17.0 Å². The van der Waals surface area contributed by atoms with E-state index >= 15 is 0 Å². The standard InChI is InChI=1S/C19H25FN4O2/c1-23(2)9-13-6-14(12-25)11-24(10-13)19(26)17-8-21-22-18(17)15-4-3-5-16(20)7-15/h3-5,7-8,13-14,25H,6,9-12H2,1-2H3,(H,21,22)/t13-,14+/m1/s1. The van der Waals surface area contributed by atoms with Gasteiger partial charge in [-0.3, -0.25) is 9.89 Å². The first-order chi connectivity index (χ1) is 12.5. The molecule has 1 aromatic heterocycles. The molecule has 2 aromatic rings. The van der Waals surface area contributed by atoms with E-state index in [-0.39, 0.29) is 24.2 Å². The Labute approximate surface area is 152 Å². The molecule has 1 aliphatic heterocycles. The summed E-state index contributed by atoms with van der Waals surface area (Å²) in [5, 5.41) is 16.4. The fourth-order valence-electron chi connectivity index (χ4n) is 3.75. The van der Waals surface area contributed by atoms with Crippen molar-refractivity contribution in [3.63, 3.8) is 0 Å². The maximum Gasteiger partial charge on any atom is 0.257 e. The van der Waals surface area contributed by atoms with E-state index in [9.17, 15) is 14.3 Å². The zero-order chi connectivity index (χ0) is 18.7. The van der Waals surface area contributed by atoms with Gasteiger partial charge in [-0.05, 0) is 44.5 Å². The first kappa shape index (κ1) is 18.5. The topological polar surface area (TPSA) is 72.5 Å². The predicted molar refractivity (Wildman–Crippen MR) is 97.1 cm³/mol. The Kier molecular flexibility index (Phi) is 5.68. The number of likely N-dealkylation sites (tertiary alicyclic amines) is 1. The second-order valence-electron chi connectivity index (χ2n) is 7.29. The van der Waals surface area contributed by atoms with Crippen molar-refractivity contribution in [3.8, 4) is 11.3 Å². The molecule has 1 fully saturated rings. The number of halogens is 1. The highest BCUT2D eigenvalue weighted by Gasteiger charge is 2.31. The van der Waals surface area contributed by atoms with Crippen LogP contribution in [-0.2, 0) is 0 Å². The number of piperidine rings is 1. The molecule has 1 amide bonds. The van der Waals surface area contributed by atoms with Gasteiger partial charge in [0.15, 0.2) is 0 Å². The minimum absolute atomic E-state index is 0.0653. The summed E-state index contributed by atoms with van der Waals surface area (Å²) in [4.78, 5) is 17.0. The number of H-pyrrole nitrogens is 1. The van der Waals surface area contributed by atoms with Crippen LogP contribution in [0.4, 0.5) is 4.39 Å². The molecule has 2 atom stereocenters. The molecule has 0 bridgehead atoms. The molecule has 26 heavy (non-hydrogen) atoms. The molecule has 6 nitrogen and oxygen atoms in total. The average Bonchev–Trinajstić information content (AvgIpc) is 3.10. The van der Waals surface area contributed by atoms with Crippen LogP contribution in [0.2, 0.25) is 0 Å². The van der Waals surface area contributed by atoms with Crippen LogP contribution in [0.5, 0.6) is 0 Å². The molecule has 2 heterocycles. The molecule has 0 unspecified atom stereocenters. The Morgan fingerprint density at radius 3 is 2.85 bits per heavy atom. The summed E-state index contributed by atoms with van der Waals surface area (Å²) in [5.41, 5.74) is 1.54. The quantitative estimate of drug-likeness (QED) is 0.854. The Bertz CT molecular complexity index is 762. The van der Waals surface area contributed by atoms with Gasteiger partial charge < -0.3 is 14.9 Å². The fourth-order valence-corrected chi connectivity index (χ4v) is 3.75. The Hall–Kier alpha value is -2.25. The van der Waals surface area contributed by atoms with E-state index in [2.05, 4.69) is 15.1 Å². The van der Waals surface area contributed by atoms with E-state index < -0.39 is 0 Å². The Morgan fingerprint density at radius 1 is 1.38 bits per heavy atom. The monoisotopic (exact) mass is 360 g/mol. The number of aromatic nitrogens is 2. The SMILES string of the molecule is CN(C)C[C@H]1C[C@H](CO)CN(C(=O)c2cn[nH]c2-c2cccc(F)c2)C1. The lowest BCUT2D eigenvalue weighted by Crippen LogP contribution is -2.47. The number of hydrogen-bond acceptors (Lipinski definition) is 4. The van der Waals surface area contributed by atoms with Gasteiger partial charge in [-0.15, -0.1) is 0 Å². The highest BCUT2D eigenvalue weighted by atomic mass is 19.1. The number of carbonyl (C=O) groups is 1. The molecule has 0 spiro atoms. The third kappa shape index (κ3) is 4.11. The lowest BCUT2D eigenvalue weighted by atomic mass is 9.89. The molecule has 2 N–H and O–H groups in total. The number of aliphatic hydroxyl groups excluding tert-OH is 1. The van der Waals surface area contributed by atoms with E-state index in [1.165, 1.54) is 18.3 Å². The third-order valence-corrected chi connectivity index (χ3v) is 4.78. The number of carbonyl (C=O) groups excluding carboxylic acids is 1. The minimum atomic E-state index is -0.361. The van der Waals surface area contributed by atoms with Crippen molar-refractivity contribution < 1.29 is 14.3 Å². The van der Waals surface area contributed by atoms with Crippen LogP contribution in [0.3, 0.4) is 0 Å². The molecule has 0 aliphatic carbocycles. The van der Waals surface area contributed by atoms with Crippen molar-refractivity contribution in [2.75, 3.05) is 40.3 Å². The molecule has 140 valence electrons. The molecule has 7 heteroatoms. The number of hydrogen-bond donors (Lipinski definition) is 2. The summed E-state index contributed by atoms with van der Waals surface area (Å²) in [6.45, 7) is 2.09. The van der Waals surface area contributed by atoms with Gasteiger partial charge in [-0.2, -0.15) is 5.10 Å². The molecule has 0 saturated carbocycles. The summed E-state index contributed by atoms with van der Waals surface area (Å²) in [5.74, 6) is -0.119. The molecule has 1 aliphatic rings. The zero-order valence-corrected chi connectivity index (χ0v) is 15.2. The van der Waals surface area contributed by atoms with Crippen LogP contribution in [0.1, 0.15) is 16.8 Å². The van der Waals surface area contributed by atoms with E-state index in [4.69, 9.17) is 0 Å². The van der Waals surface area contributed by atoms with Crippen molar-refractivity contribution in [2.24, 2.45) is 11.8 Å². The molecule has 1 aromatic carbocycles. The Morgan fingerprint density at radius 2 is 2.15 bits per heavy atom. The summed E-state index contributed by atoms with van der Waals surface area (Å²) >= 11 is 0. The molecule has 3 rings (SSSR count). The van der Waals surface area contributed by atoms with Gasteiger partial charge in [0.1, 0.15) is 5.82 Å². The van der Waals surface area contributed by atoms with Crippen LogP contribution in [0.15, 0.2) is 30.5 Å². The van der Waals surface area contributed by atoms with Crippen LogP contribution in [-0.4, -0.2) is 71.3 Å². The predicted octanol–water partition coefficient (Wildman–Crippen LogP) is 1.85. The summed E-state index contributed by atoms with van der Waals surface area (Å²) in [6, 6.07) is 6.10. The van der Waals surface area contributed by atoms with E-state index in [0.717, 1.165) is 13.0 Å². The van der Waals surface area contributed by atoms with Crippen molar-refractivity contribution in [1.82, 2.24) is 20.0 Å². The number of amides is 1. The van der Waals surface area contributed by atoms with Crippen LogP contribution in [0.25, 0.3) is 11.3 Å². The maximum absolute atomic E-state index is 13.6. The number of benzene rings is 1. The van der Waals surface area contributed by atoms with Crippen molar-refractivity contribution in [3.05, 3.63) is 41.8 Å². The van der Waals surface area contributed by atoms with E-state index in [0.29, 0.717) is 35.8 Å². The molecular formula is C19H25FN4O2. The summed E-state index contributed by atoms with van der Waals surface area (Å²) < 4.78 is 13.6. The van der Waals surface area contributed by atoms with Crippen molar-refractivity contribution in [1.29, 1.82) is 0 Å². The molecular weight excluding hydrogens is 335 g/mol. The average molecular weight is 360 g/mol. The first-order valence-corrected chi connectivity index (χ1v) is 8.82. The number of rotatable bonds is 5. The van der Waals surface area contributed by atoms with Gasteiger partial charge in [0.2, 0.25) is 0 Å². The third-order valence-electron chi connectivity index (χ3n) is 4.78. The number of aliphatic hydroxyl groups is 1. The number of nitrogens with one attached hydrogen (secondary N) is 1. The smallest absolute Gasteiger partial charge is 0.257 e.